The summed E-state index contributed by atoms with van der Waals surface area (Å²) >= 11 is 1.73. The Morgan fingerprint density at radius 1 is 1.38 bits per heavy atom. The largest absolute Gasteiger partial charge is 0.375 e. The number of nitrogens with two attached hydrogens (primary N) is 1. The first-order valence-corrected chi connectivity index (χ1v) is 5.41. The zero-order valence-electron chi connectivity index (χ0n) is 7.99. The Bertz CT molecular complexity index is 244. The fourth-order valence-electron chi connectivity index (χ4n) is 1.19. The quantitative estimate of drug-likeness (QED) is 0.750. The lowest BCUT2D eigenvalue weighted by Crippen LogP contribution is -2.13. The molecule has 72 valence electrons. The normalized spacial score (nSPS) is 12.8. The van der Waals surface area contributed by atoms with Gasteiger partial charge in [0.2, 0.25) is 0 Å². The van der Waals surface area contributed by atoms with Crippen molar-refractivity contribution in [1.82, 2.24) is 0 Å². The molecule has 0 aliphatic rings. The third-order valence-electron chi connectivity index (χ3n) is 1.99. The van der Waals surface area contributed by atoms with Crippen LogP contribution in [0.3, 0.4) is 0 Å². The SMILES string of the molecule is COC(CN)c1ccc(SC)cc1. The van der Waals surface area contributed by atoms with Crippen molar-refractivity contribution in [3.63, 3.8) is 0 Å². The van der Waals surface area contributed by atoms with Crippen LogP contribution in [0.25, 0.3) is 0 Å². The molecule has 0 bridgehead atoms. The molecule has 0 saturated heterocycles. The summed E-state index contributed by atoms with van der Waals surface area (Å²) in [6.45, 7) is 0.523. The van der Waals surface area contributed by atoms with E-state index in [0.29, 0.717) is 6.54 Å². The topological polar surface area (TPSA) is 35.2 Å². The van der Waals surface area contributed by atoms with Gasteiger partial charge in [0.15, 0.2) is 0 Å². The summed E-state index contributed by atoms with van der Waals surface area (Å²) < 4.78 is 5.23. The van der Waals surface area contributed by atoms with E-state index in [0.717, 1.165) is 5.56 Å². The van der Waals surface area contributed by atoms with E-state index in [1.54, 1.807) is 18.9 Å². The summed E-state index contributed by atoms with van der Waals surface area (Å²) in [5, 5.41) is 0. The van der Waals surface area contributed by atoms with Gasteiger partial charge in [-0.1, -0.05) is 12.1 Å². The summed E-state index contributed by atoms with van der Waals surface area (Å²) in [5.41, 5.74) is 6.70. The van der Waals surface area contributed by atoms with Gasteiger partial charge in [-0.05, 0) is 24.0 Å². The molecule has 1 atom stereocenters. The second-order valence-corrected chi connectivity index (χ2v) is 3.61. The van der Waals surface area contributed by atoms with Gasteiger partial charge < -0.3 is 10.5 Å². The van der Waals surface area contributed by atoms with Crippen LogP contribution in [0.4, 0.5) is 0 Å². The lowest BCUT2D eigenvalue weighted by Gasteiger charge is -2.13. The van der Waals surface area contributed by atoms with E-state index in [1.807, 2.05) is 0 Å². The van der Waals surface area contributed by atoms with Gasteiger partial charge in [-0.2, -0.15) is 0 Å². The molecular weight excluding hydrogens is 182 g/mol. The molecule has 0 radical (unpaired) electrons. The number of hydrogen-bond donors (Lipinski definition) is 1. The Morgan fingerprint density at radius 2 is 2.00 bits per heavy atom. The van der Waals surface area contributed by atoms with E-state index in [4.69, 9.17) is 10.5 Å². The van der Waals surface area contributed by atoms with Crippen LogP contribution < -0.4 is 5.73 Å². The number of thioether (sulfide) groups is 1. The minimum absolute atomic E-state index is 0.0240. The second-order valence-electron chi connectivity index (χ2n) is 2.73. The van der Waals surface area contributed by atoms with E-state index in [9.17, 15) is 0 Å². The average Bonchev–Trinajstić information content (AvgIpc) is 2.21. The number of methoxy groups -OCH3 is 1. The highest BCUT2D eigenvalue weighted by molar-refractivity contribution is 7.98. The monoisotopic (exact) mass is 197 g/mol. The van der Waals surface area contributed by atoms with E-state index < -0.39 is 0 Å². The van der Waals surface area contributed by atoms with Crippen molar-refractivity contribution in [2.75, 3.05) is 19.9 Å². The van der Waals surface area contributed by atoms with Crippen molar-refractivity contribution in [1.29, 1.82) is 0 Å². The molecule has 0 saturated carbocycles. The molecule has 2 N–H and O–H groups in total. The standard InChI is InChI=1S/C10H15NOS/c1-12-10(7-11)8-3-5-9(13-2)6-4-8/h3-6,10H,7,11H2,1-2H3. The number of ether oxygens (including phenoxy) is 1. The maximum Gasteiger partial charge on any atom is 0.0943 e. The molecule has 3 heteroatoms. The number of hydrogen-bond acceptors (Lipinski definition) is 3. The van der Waals surface area contributed by atoms with Crippen LogP contribution in [0.1, 0.15) is 11.7 Å². The summed E-state index contributed by atoms with van der Waals surface area (Å²) in [4.78, 5) is 1.26. The molecular formula is C10H15NOS. The highest BCUT2D eigenvalue weighted by Crippen LogP contribution is 2.20. The third kappa shape index (κ3) is 2.72. The van der Waals surface area contributed by atoms with Gasteiger partial charge in [-0.25, -0.2) is 0 Å². The van der Waals surface area contributed by atoms with E-state index in [-0.39, 0.29) is 6.10 Å². The Morgan fingerprint density at radius 3 is 2.38 bits per heavy atom. The van der Waals surface area contributed by atoms with Crippen molar-refractivity contribution in [2.45, 2.75) is 11.0 Å². The van der Waals surface area contributed by atoms with Crippen LogP contribution in [0, 0.1) is 0 Å². The van der Waals surface area contributed by atoms with Gasteiger partial charge in [-0.3, -0.25) is 0 Å². The van der Waals surface area contributed by atoms with Gasteiger partial charge in [0.25, 0.3) is 0 Å². The molecule has 0 amide bonds. The van der Waals surface area contributed by atoms with Crippen LogP contribution in [0.5, 0.6) is 0 Å². The van der Waals surface area contributed by atoms with E-state index in [2.05, 4.69) is 30.5 Å². The lowest BCUT2D eigenvalue weighted by molar-refractivity contribution is 0.110. The summed E-state index contributed by atoms with van der Waals surface area (Å²) in [5.74, 6) is 0. The fraction of sp³-hybridized carbons (Fsp3) is 0.400. The van der Waals surface area contributed by atoms with Crippen LogP contribution >= 0.6 is 11.8 Å². The van der Waals surface area contributed by atoms with Crippen molar-refractivity contribution < 1.29 is 4.74 Å². The van der Waals surface area contributed by atoms with Crippen molar-refractivity contribution in [3.8, 4) is 0 Å². The van der Waals surface area contributed by atoms with Gasteiger partial charge in [-0.15, -0.1) is 11.8 Å². The highest BCUT2D eigenvalue weighted by atomic mass is 32.2. The zero-order chi connectivity index (χ0) is 9.68. The molecule has 1 rings (SSSR count). The molecule has 0 fully saturated rings. The van der Waals surface area contributed by atoms with Gasteiger partial charge in [0.05, 0.1) is 6.10 Å². The minimum atomic E-state index is 0.0240. The Balaban J connectivity index is 2.78. The molecule has 0 spiro atoms. The van der Waals surface area contributed by atoms with Crippen molar-refractivity contribution in [3.05, 3.63) is 29.8 Å². The van der Waals surface area contributed by atoms with Crippen molar-refractivity contribution >= 4 is 11.8 Å². The first kappa shape index (κ1) is 10.6. The average molecular weight is 197 g/mol. The van der Waals surface area contributed by atoms with Gasteiger partial charge in [0, 0.05) is 18.6 Å². The Kier molecular flexibility index (Phi) is 4.28. The third-order valence-corrected chi connectivity index (χ3v) is 2.73. The Labute approximate surface area is 83.5 Å². The molecule has 0 aliphatic carbocycles. The van der Waals surface area contributed by atoms with Gasteiger partial charge in [0.1, 0.15) is 0 Å². The van der Waals surface area contributed by atoms with Crippen molar-refractivity contribution in [2.24, 2.45) is 5.73 Å². The molecule has 1 aromatic rings. The molecule has 0 heterocycles. The van der Waals surface area contributed by atoms with Crippen LogP contribution in [0.2, 0.25) is 0 Å². The summed E-state index contributed by atoms with van der Waals surface area (Å²) in [6, 6.07) is 8.29. The first-order chi connectivity index (χ1) is 6.31. The fourth-order valence-corrected chi connectivity index (χ4v) is 1.60. The summed E-state index contributed by atoms with van der Waals surface area (Å²) in [7, 11) is 1.68. The number of rotatable bonds is 4. The summed E-state index contributed by atoms with van der Waals surface area (Å²) in [6.07, 6.45) is 2.09. The lowest BCUT2D eigenvalue weighted by atomic mass is 10.1. The maximum atomic E-state index is 5.56. The Hall–Kier alpha value is -0.510. The predicted octanol–water partition coefficient (Wildman–Crippen LogP) is 2.05. The van der Waals surface area contributed by atoms with Gasteiger partial charge >= 0.3 is 0 Å². The molecule has 0 aliphatic heterocycles. The number of benzene rings is 1. The van der Waals surface area contributed by atoms with Crippen LogP contribution in [-0.2, 0) is 4.74 Å². The smallest absolute Gasteiger partial charge is 0.0943 e. The molecule has 1 aromatic carbocycles. The molecule has 0 aromatic heterocycles. The maximum absolute atomic E-state index is 5.56. The highest BCUT2D eigenvalue weighted by Gasteiger charge is 2.06. The van der Waals surface area contributed by atoms with Crippen LogP contribution in [0.15, 0.2) is 29.2 Å². The van der Waals surface area contributed by atoms with E-state index in [1.165, 1.54) is 4.90 Å². The van der Waals surface area contributed by atoms with E-state index >= 15 is 0 Å². The minimum Gasteiger partial charge on any atom is -0.375 e. The molecule has 13 heavy (non-hydrogen) atoms. The zero-order valence-corrected chi connectivity index (χ0v) is 8.80. The molecule has 1 unspecified atom stereocenters. The first-order valence-electron chi connectivity index (χ1n) is 4.18. The van der Waals surface area contributed by atoms with Crippen LogP contribution in [-0.4, -0.2) is 19.9 Å². The predicted molar refractivity (Wildman–Crippen MR) is 57.0 cm³/mol. The molecule has 2 nitrogen and oxygen atoms in total. The second kappa shape index (κ2) is 5.27.